The quantitative estimate of drug-likeness (QED) is 0.726. The molecular formula is C17H19ClN4O2. The lowest BCUT2D eigenvalue weighted by Crippen LogP contribution is -2.24. The summed E-state index contributed by atoms with van der Waals surface area (Å²) in [6.07, 6.45) is 2.70. The molecule has 0 atom stereocenters. The van der Waals surface area contributed by atoms with Crippen LogP contribution in [0.4, 0.5) is 11.4 Å². The summed E-state index contributed by atoms with van der Waals surface area (Å²) in [5.74, 6) is 0.398. The Morgan fingerprint density at radius 3 is 3.08 bits per heavy atom. The van der Waals surface area contributed by atoms with Gasteiger partial charge in [-0.1, -0.05) is 12.1 Å². The van der Waals surface area contributed by atoms with Crippen LogP contribution in [0.3, 0.4) is 0 Å². The molecule has 3 N–H and O–H groups in total. The Hall–Kier alpha value is -2.34. The van der Waals surface area contributed by atoms with Crippen LogP contribution in [0.25, 0.3) is 11.3 Å². The summed E-state index contributed by atoms with van der Waals surface area (Å²) < 4.78 is 0. The maximum absolute atomic E-state index is 11.9. The second kappa shape index (κ2) is 7.49. The van der Waals surface area contributed by atoms with Gasteiger partial charge in [0.1, 0.15) is 5.69 Å². The average molecular weight is 347 g/mol. The summed E-state index contributed by atoms with van der Waals surface area (Å²) in [6, 6.07) is 7.45. The third-order valence-electron chi connectivity index (χ3n) is 3.94. The maximum atomic E-state index is 11.9. The second-order valence-corrected chi connectivity index (χ2v) is 6.08. The molecule has 24 heavy (non-hydrogen) atoms. The molecule has 2 aromatic rings. The fourth-order valence-corrected chi connectivity index (χ4v) is 2.93. The summed E-state index contributed by atoms with van der Waals surface area (Å²) in [6.45, 7) is 0.819. The van der Waals surface area contributed by atoms with E-state index in [2.05, 4.69) is 20.8 Å². The van der Waals surface area contributed by atoms with Gasteiger partial charge in [-0.25, -0.2) is 5.10 Å². The molecule has 0 aliphatic carbocycles. The predicted molar refractivity (Wildman–Crippen MR) is 95.7 cm³/mol. The first kappa shape index (κ1) is 16.5. The van der Waals surface area contributed by atoms with E-state index in [-0.39, 0.29) is 11.5 Å². The monoisotopic (exact) mass is 346 g/mol. The van der Waals surface area contributed by atoms with Crippen molar-refractivity contribution in [1.82, 2.24) is 10.2 Å². The number of alkyl halides is 1. The SMILES string of the molecule is O=C(CCCCl)Nc1cccc(-c2n[nH]c(=O)c3c2NCCC3)c1. The van der Waals surface area contributed by atoms with E-state index < -0.39 is 0 Å². The van der Waals surface area contributed by atoms with Crippen LogP contribution >= 0.6 is 11.6 Å². The number of benzene rings is 1. The summed E-state index contributed by atoms with van der Waals surface area (Å²) in [5, 5.41) is 12.9. The van der Waals surface area contributed by atoms with E-state index in [0.29, 0.717) is 30.1 Å². The molecule has 1 aromatic heterocycles. The number of hydrogen-bond donors (Lipinski definition) is 3. The van der Waals surface area contributed by atoms with Crippen LogP contribution < -0.4 is 16.2 Å². The van der Waals surface area contributed by atoms with Gasteiger partial charge in [0.15, 0.2) is 0 Å². The number of rotatable bonds is 5. The molecule has 0 fully saturated rings. The number of aromatic nitrogens is 2. The van der Waals surface area contributed by atoms with E-state index in [0.717, 1.165) is 36.2 Å². The molecule has 1 amide bonds. The number of anilines is 2. The number of H-pyrrole nitrogens is 1. The number of halogens is 1. The fraction of sp³-hybridized carbons (Fsp3) is 0.353. The fourth-order valence-electron chi connectivity index (χ4n) is 2.80. The van der Waals surface area contributed by atoms with Gasteiger partial charge in [0, 0.05) is 35.7 Å². The van der Waals surface area contributed by atoms with Crippen molar-refractivity contribution in [2.75, 3.05) is 23.1 Å². The van der Waals surface area contributed by atoms with Gasteiger partial charge < -0.3 is 10.6 Å². The summed E-state index contributed by atoms with van der Waals surface area (Å²) in [7, 11) is 0. The number of nitrogens with one attached hydrogen (secondary N) is 3. The van der Waals surface area contributed by atoms with Gasteiger partial charge in [-0.3, -0.25) is 9.59 Å². The molecule has 126 valence electrons. The lowest BCUT2D eigenvalue weighted by molar-refractivity contribution is -0.116. The molecule has 0 spiro atoms. The molecule has 2 heterocycles. The molecule has 1 aliphatic heterocycles. The Bertz CT molecular complexity index is 803. The molecule has 0 radical (unpaired) electrons. The molecule has 1 aromatic carbocycles. The smallest absolute Gasteiger partial charge is 0.269 e. The Morgan fingerprint density at radius 1 is 1.38 bits per heavy atom. The van der Waals surface area contributed by atoms with Crippen molar-refractivity contribution in [3.63, 3.8) is 0 Å². The Kier molecular flexibility index (Phi) is 5.15. The summed E-state index contributed by atoms with van der Waals surface area (Å²) >= 11 is 5.61. The second-order valence-electron chi connectivity index (χ2n) is 5.71. The minimum absolute atomic E-state index is 0.0672. The molecule has 1 aliphatic rings. The standard InChI is InChI=1S/C17H19ClN4O2/c18-8-2-7-14(23)20-12-5-1-4-11(10-12)15-16-13(6-3-9-19-16)17(24)22-21-15/h1,4-5,10,19H,2-3,6-9H2,(H,20,23)(H,22,24). The van der Waals surface area contributed by atoms with Crippen molar-refractivity contribution in [1.29, 1.82) is 0 Å². The molecule has 0 saturated heterocycles. The number of nitrogens with zero attached hydrogens (tertiary/aromatic N) is 1. The minimum Gasteiger partial charge on any atom is -0.383 e. The van der Waals surface area contributed by atoms with Crippen LogP contribution in [0.2, 0.25) is 0 Å². The Labute approximate surface area is 144 Å². The Morgan fingerprint density at radius 2 is 2.25 bits per heavy atom. The van der Waals surface area contributed by atoms with Crippen LogP contribution in [0.1, 0.15) is 24.8 Å². The highest BCUT2D eigenvalue weighted by Crippen LogP contribution is 2.30. The van der Waals surface area contributed by atoms with E-state index in [1.54, 1.807) is 0 Å². The highest BCUT2D eigenvalue weighted by molar-refractivity contribution is 6.18. The van der Waals surface area contributed by atoms with Crippen LogP contribution in [-0.2, 0) is 11.2 Å². The lowest BCUT2D eigenvalue weighted by atomic mass is 10.0. The van der Waals surface area contributed by atoms with Crippen LogP contribution in [0, 0.1) is 0 Å². The summed E-state index contributed by atoms with van der Waals surface area (Å²) in [5.41, 5.74) is 3.61. The van der Waals surface area contributed by atoms with E-state index >= 15 is 0 Å². The van der Waals surface area contributed by atoms with Gasteiger partial charge in [-0.2, -0.15) is 5.10 Å². The van der Waals surface area contributed by atoms with E-state index in [1.165, 1.54) is 0 Å². The zero-order chi connectivity index (χ0) is 16.9. The van der Waals surface area contributed by atoms with Crippen LogP contribution in [-0.4, -0.2) is 28.5 Å². The van der Waals surface area contributed by atoms with E-state index in [1.807, 2.05) is 24.3 Å². The zero-order valence-corrected chi connectivity index (χ0v) is 13.9. The van der Waals surface area contributed by atoms with Gasteiger partial charge in [-0.15, -0.1) is 11.6 Å². The number of carbonyl (C=O) groups excluding carboxylic acids is 1. The van der Waals surface area contributed by atoms with Crippen molar-refractivity contribution < 1.29 is 4.79 Å². The molecule has 0 bridgehead atoms. The first-order valence-electron chi connectivity index (χ1n) is 8.00. The van der Waals surface area contributed by atoms with Crippen LogP contribution in [0.15, 0.2) is 29.1 Å². The number of hydrogen-bond acceptors (Lipinski definition) is 4. The van der Waals surface area contributed by atoms with Crippen molar-refractivity contribution >= 4 is 28.9 Å². The number of fused-ring (bicyclic) bond motifs is 1. The number of aromatic amines is 1. The normalized spacial score (nSPS) is 13.0. The van der Waals surface area contributed by atoms with Crippen molar-refractivity contribution in [3.05, 3.63) is 40.2 Å². The molecule has 7 heteroatoms. The van der Waals surface area contributed by atoms with Gasteiger partial charge in [-0.05, 0) is 31.4 Å². The largest absolute Gasteiger partial charge is 0.383 e. The molecule has 0 saturated carbocycles. The van der Waals surface area contributed by atoms with Gasteiger partial charge in [0.05, 0.1) is 5.69 Å². The number of amides is 1. The van der Waals surface area contributed by atoms with Gasteiger partial charge in [0.25, 0.3) is 5.56 Å². The van der Waals surface area contributed by atoms with Crippen molar-refractivity contribution in [2.24, 2.45) is 0 Å². The number of carbonyl (C=O) groups is 1. The Balaban J connectivity index is 1.90. The van der Waals surface area contributed by atoms with Gasteiger partial charge >= 0.3 is 0 Å². The third-order valence-corrected chi connectivity index (χ3v) is 4.21. The minimum atomic E-state index is -0.147. The zero-order valence-electron chi connectivity index (χ0n) is 13.2. The van der Waals surface area contributed by atoms with Crippen LogP contribution in [0.5, 0.6) is 0 Å². The molecule has 6 nitrogen and oxygen atoms in total. The van der Waals surface area contributed by atoms with E-state index in [4.69, 9.17) is 11.6 Å². The predicted octanol–water partition coefficient (Wildman–Crippen LogP) is 2.75. The highest BCUT2D eigenvalue weighted by Gasteiger charge is 2.18. The first-order valence-corrected chi connectivity index (χ1v) is 8.54. The molecular weight excluding hydrogens is 328 g/mol. The van der Waals surface area contributed by atoms with Crippen molar-refractivity contribution in [3.8, 4) is 11.3 Å². The highest BCUT2D eigenvalue weighted by atomic mass is 35.5. The summed E-state index contributed by atoms with van der Waals surface area (Å²) in [4.78, 5) is 23.8. The van der Waals surface area contributed by atoms with E-state index in [9.17, 15) is 9.59 Å². The lowest BCUT2D eigenvalue weighted by Gasteiger charge is -2.19. The first-order chi connectivity index (χ1) is 11.7. The average Bonchev–Trinajstić information content (AvgIpc) is 2.61. The molecule has 0 unspecified atom stereocenters. The van der Waals surface area contributed by atoms with Crippen molar-refractivity contribution in [2.45, 2.75) is 25.7 Å². The third kappa shape index (κ3) is 3.59. The topological polar surface area (TPSA) is 86.9 Å². The van der Waals surface area contributed by atoms with Gasteiger partial charge in [0.2, 0.25) is 5.91 Å². The molecule has 3 rings (SSSR count). The maximum Gasteiger partial charge on any atom is 0.269 e.